The summed E-state index contributed by atoms with van der Waals surface area (Å²) in [7, 11) is 0. The Morgan fingerprint density at radius 2 is 1.26 bits per heavy atom. The van der Waals surface area contributed by atoms with Crippen molar-refractivity contribution in [3.05, 3.63) is 0 Å². The maximum atomic E-state index is 13.0. The van der Waals surface area contributed by atoms with Crippen molar-refractivity contribution in [3.63, 3.8) is 0 Å². The quantitative estimate of drug-likeness (QED) is 0.140. The third-order valence-corrected chi connectivity index (χ3v) is 6.14. The maximum Gasteiger partial charge on any atom is 0.326 e. The van der Waals surface area contributed by atoms with Gasteiger partial charge in [0.1, 0.15) is 18.1 Å². The van der Waals surface area contributed by atoms with Gasteiger partial charge in [0.05, 0.1) is 6.04 Å². The number of carbonyl (C=O) groups is 5. The highest BCUT2D eigenvalue weighted by atomic mass is 32.2. The van der Waals surface area contributed by atoms with E-state index in [1.807, 2.05) is 26.4 Å². The van der Waals surface area contributed by atoms with Gasteiger partial charge in [0.15, 0.2) is 0 Å². The summed E-state index contributed by atoms with van der Waals surface area (Å²) in [6.07, 6.45) is 4.50. The summed E-state index contributed by atoms with van der Waals surface area (Å²) in [5, 5.41) is 17.2. The number of carboxylic acid groups (broad SMARTS) is 1. The van der Waals surface area contributed by atoms with Gasteiger partial charge in [0.25, 0.3) is 0 Å². The van der Waals surface area contributed by atoms with Crippen molar-refractivity contribution in [2.24, 2.45) is 17.4 Å². The molecule has 0 heterocycles. The lowest BCUT2D eigenvalue weighted by Crippen LogP contribution is -2.57. The van der Waals surface area contributed by atoms with Gasteiger partial charge in [0, 0.05) is 6.42 Å². The van der Waals surface area contributed by atoms with E-state index in [0.717, 1.165) is 0 Å². The highest BCUT2D eigenvalue weighted by Crippen LogP contribution is 2.09. The van der Waals surface area contributed by atoms with Crippen LogP contribution in [0.5, 0.6) is 0 Å². The van der Waals surface area contributed by atoms with Gasteiger partial charge in [0.2, 0.25) is 23.6 Å². The topological polar surface area (TPSA) is 194 Å². The molecule has 0 fully saturated rings. The molecule has 34 heavy (non-hydrogen) atoms. The third-order valence-electron chi connectivity index (χ3n) is 4.85. The fraction of sp³-hybridized carbons (Fsp3) is 0.762. The Balaban J connectivity index is 5.40. The van der Waals surface area contributed by atoms with E-state index in [1.54, 1.807) is 0 Å². The van der Waals surface area contributed by atoms with Gasteiger partial charge < -0.3 is 32.5 Å². The zero-order chi connectivity index (χ0) is 26.3. The third kappa shape index (κ3) is 13.7. The second kappa shape index (κ2) is 17.4. The first kappa shape index (κ1) is 32.0. The molecule has 0 spiro atoms. The van der Waals surface area contributed by atoms with E-state index in [1.165, 1.54) is 23.5 Å². The molecule has 0 saturated heterocycles. The summed E-state index contributed by atoms with van der Waals surface area (Å²) >= 11 is 2.95. The molecule has 0 bridgehead atoms. The molecule has 0 rings (SSSR count). The number of nitrogens with two attached hydrogens (primary N) is 2. The molecule has 11 nitrogen and oxygen atoms in total. The van der Waals surface area contributed by atoms with Crippen LogP contribution in [0.3, 0.4) is 0 Å². The summed E-state index contributed by atoms with van der Waals surface area (Å²) in [5.41, 5.74) is 10.9. The molecule has 0 aromatic carbocycles. The molecule has 8 N–H and O–H groups in total. The lowest BCUT2D eigenvalue weighted by molar-refractivity contribution is -0.142. The molecule has 0 aliphatic carbocycles. The van der Waals surface area contributed by atoms with Crippen molar-refractivity contribution in [2.45, 2.75) is 70.1 Å². The monoisotopic (exact) mass is 521 g/mol. The van der Waals surface area contributed by atoms with Crippen molar-refractivity contribution in [3.8, 4) is 0 Å². The predicted molar refractivity (Wildman–Crippen MR) is 135 cm³/mol. The normalized spacial score (nSPS) is 14.5. The smallest absolute Gasteiger partial charge is 0.326 e. The van der Waals surface area contributed by atoms with Gasteiger partial charge >= 0.3 is 5.97 Å². The van der Waals surface area contributed by atoms with E-state index in [2.05, 4.69) is 16.0 Å². The van der Waals surface area contributed by atoms with E-state index < -0.39 is 53.8 Å². The van der Waals surface area contributed by atoms with E-state index >= 15 is 0 Å². The fourth-order valence-electron chi connectivity index (χ4n) is 2.95. The van der Waals surface area contributed by atoms with Gasteiger partial charge in [-0.3, -0.25) is 19.2 Å². The van der Waals surface area contributed by atoms with Crippen molar-refractivity contribution < 1.29 is 29.1 Å². The van der Waals surface area contributed by atoms with Crippen LogP contribution in [-0.2, 0) is 24.0 Å². The number of carbonyl (C=O) groups excluding carboxylic acids is 4. The lowest BCUT2D eigenvalue weighted by Gasteiger charge is -2.26. The lowest BCUT2D eigenvalue weighted by atomic mass is 10.0. The highest BCUT2D eigenvalue weighted by Gasteiger charge is 2.30. The molecule has 4 atom stereocenters. The van der Waals surface area contributed by atoms with Crippen LogP contribution >= 0.6 is 23.5 Å². The van der Waals surface area contributed by atoms with Crippen LogP contribution in [0.25, 0.3) is 0 Å². The molecule has 0 saturated carbocycles. The van der Waals surface area contributed by atoms with Crippen LogP contribution in [0.4, 0.5) is 0 Å². The van der Waals surface area contributed by atoms with Crippen LogP contribution in [0.2, 0.25) is 0 Å². The average molecular weight is 522 g/mol. The summed E-state index contributed by atoms with van der Waals surface area (Å²) in [4.78, 5) is 60.8. The van der Waals surface area contributed by atoms with Crippen LogP contribution in [-0.4, -0.2) is 82.9 Å². The van der Waals surface area contributed by atoms with Gasteiger partial charge in [-0.15, -0.1) is 0 Å². The number of primary amides is 1. The Bertz CT molecular complexity index is 695. The fourth-order valence-corrected chi connectivity index (χ4v) is 3.90. The van der Waals surface area contributed by atoms with E-state index in [4.69, 9.17) is 11.5 Å². The van der Waals surface area contributed by atoms with Gasteiger partial charge in [-0.2, -0.15) is 23.5 Å². The minimum atomic E-state index is -1.15. The molecular formula is C21H39N5O6S2. The van der Waals surface area contributed by atoms with Crippen molar-refractivity contribution in [1.82, 2.24) is 16.0 Å². The van der Waals surface area contributed by atoms with Gasteiger partial charge in [-0.1, -0.05) is 13.8 Å². The zero-order valence-corrected chi connectivity index (χ0v) is 21.9. The standard InChI is InChI=1S/C21H39N5O6S2/c1-12(2)11-16(26-18(28)13(22)5-6-17(23)27)20(30)24-14(7-9-33-3)19(29)25-15(21(31)32)8-10-34-4/h12-16H,5-11,22H2,1-4H3,(H2,23,27)(H,24,30)(H,25,29)(H,26,28)(H,31,32). The Kier molecular flexibility index (Phi) is 16.4. The molecule has 0 radical (unpaired) electrons. The first-order valence-electron chi connectivity index (χ1n) is 11.1. The Hall–Kier alpha value is -1.99. The molecule has 196 valence electrons. The van der Waals surface area contributed by atoms with Gasteiger partial charge in [-0.25, -0.2) is 4.79 Å². The molecule has 0 aromatic heterocycles. The second-order valence-electron chi connectivity index (χ2n) is 8.33. The Morgan fingerprint density at radius 1 is 0.794 bits per heavy atom. The molecule has 13 heteroatoms. The van der Waals surface area contributed by atoms with Crippen molar-refractivity contribution >= 4 is 53.1 Å². The molecule has 4 unspecified atom stereocenters. The number of amides is 4. The van der Waals surface area contributed by atoms with Crippen LogP contribution in [0.15, 0.2) is 0 Å². The number of hydrogen-bond donors (Lipinski definition) is 6. The average Bonchev–Trinajstić information content (AvgIpc) is 2.76. The minimum absolute atomic E-state index is 0.0410. The number of carboxylic acids is 1. The van der Waals surface area contributed by atoms with E-state index in [-0.39, 0.29) is 31.6 Å². The summed E-state index contributed by atoms with van der Waals surface area (Å²) in [6, 6.07) is -4.00. The van der Waals surface area contributed by atoms with Crippen LogP contribution in [0.1, 0.15) is 46.0 Å². The van der Waals surface area contributed by atoms with Crippen LogP contribution in [0, 0.1) is 5.92 Å². The van der Waals surface area contributed by atoms with Crippen molar-refractivity contribution in [2.75, 3.05) is 24.0 Å². The number of thioether (sulfide) groups is 2. The largest absolute Gasteiger partial charge is 0.480 e. The first-order valence-corrected chi connectivity index (χ1v) is 13.9. The van der Waals surface area contributed by atoms with Crippen LogP contribution < -0.4 is 27.4 Å². The number of rotatable bonds is 18. The predicted octanol–water partition coefficient (Wildman–Crippen LogP) is -0.329. The highest BCUT2D eigenvalue weighted by molar-refractivity contribution is 7.98. The summed E-state index contributed by atoms with van der Waals surface area (Å²) < 4.78 is 0. The Morgan fingerprint density at radius 3 is 1.74 bits per heavy atom. The summed E-state index contributed by atoms with van der Waals surface area (Å²) in [5.74, 6) is -2.34. The van der Waals surface area contributed by atoms with E-state index in [0.29, 0.717) is 17.9 Å². The second-order valence-corrected chi connectivity index (χ2v) is 10.3. The van der Waals surface area contributed by atoms with E-state index in [9.17, 15) is 29.1 Å². The molecule has 0 aliphatic heterocycles. The number of aliphatic carboxylic acids is 1. The molecule has 4 amide bonds. The first-order chi connectivity index (χ1) is 15.9. The molecular weight excluding hydrogens is 482 g/mol. The minimum Gasteiger partial charge on any atom is -0.480 e. The summed E-state index contributed by atoms with van der Waals surface area (Å²) in [6.45, 7) is 3.75. The van der Waals surface area contributed by atoms with Crippen molar-refractivity contribution in [1.29, 1.82) is 0 Å². The number of nitrogens with one attached hydrogen (secondary N) is 3. The molecule has 0 aromatic rings. The maximum absolute atomic E-state index is 13.0. The SMILES string of the molecule is CSCCC(NC(=O)C(CCSC)NC(=O)C(CC(C)C)NC(=O)C(N)CCC(N)=O)C(=O)O. The zero-order valence-electron chi connectivity index (χ0n) is 20.3. The Labute approximate surface area is 209 Å². The molecule has 0 aliphatic rings. The number of hydrogen-bond acceptors (Lipinski definition) is 8. The van der Waals surface area contributed by atoms with Gasteiger partial charge in [-0.05, 0) is 55.6 Å².